The number of amides is 3. The first kappa shape index (κ1) is 23.1. The highest BCUT2D eigenvalue weighted by Gasteiger charge is 2.33. The molecule has 0 unspecified atom stereocenters. The molecule has 3 amide bonds. The van der Waals surface area contributed by atoms with Crippen LogP contribution in [0.2, 0.25) is 5.02 Å². The highest BCUT2D eigenvalue weighted by atomic mass is 35.5. The molecule has 1 aliphatic carbocycles. The normalized spacial score (nSPS) is 19.9. The molecule has 0 spiro atoms. The third kappa shape index (κ3) is 5.45. The number of nitriles is 1. The van der Waals surface area contributed by atoms with Crippen LogP contribution in [0.3, 0.4) is 0 Å². The molecule has 4 N–H and O–H groups in total. The summed E-state index contributed by atoms with van der Waals surface area (Å²) in [4.78, 5) is 40.7. The summed E-state index contributed by atoms with van der Waals surface area (Å²) < 4.78 is 13.7. The van der Waals surface area contributed by atoms with E-state index in [1.54, 1.807) is 6.07 Å². The molecule has 0 bridgehead atoms. The Labute approximate surface area is 195 Å². The molecule has 174 valence electrons. The standard InChI is InChI=1S/C23H25ClFN5O3/c24-19-16(25)6-5-13-10-18(29-20(13)19)23(33)30-17(8-12-3-4-12)22(32)28-15(11-26)9-14-2-1-7-27-21(14)31/h5-6,10,12,14-15,17,29H,1-4,7-9H2,(H,27,31)(H,28,32)(H,30,33)/t14-,15-,17-/m0/s1. The van der Waals surface area contributed by atoms with Gasteiger partial charge in [-0.25, -0.2) is 4.39 Å². The molecule has 1 aliphatic heterocycles. The van der Waals surface area contributed by atoms with E-state index in [9.17, 15) is 24.0 Å². The molecule has 1 aromatic heterocycles. The molecule has 3 atom stereocenters. The van der Waals surface area contributed by atoms with Gasteiger partial charge in [-0.2, -0.15) is 5.26 Å². The number of fused-ring (bicyclic) bond motifs is 1. The zero-order chi connectivity index (χ0) is 23.5. The number of carbonyl (C=O) groups excluding carboxylic acids is 3. The number of hydrogen-bond donors (Lipinski definition) is 4. The van der Waals surface area contributed by atoms with Crippen molar-refractivity contribution in [3.8, 4) is 6.07 Å². The smallest absolute Gasteiger partial charge is 0.268 e. The Morgan fingerprint density at radius 3 is 2.73 bits per heavy atom. The SMILES string of the molecule is N#C[C@H](C[C@@H]1CCCNC1=O)NC(=O)[C@H](CC1CC1)NC(=O)c1cc2ccc(F)c(Cl)c2[nH]1. The molecule has 4 rings (SSSR count). The topological polar surface area (TPSA) is 127 Å². The monoisotopic (exact) mass is 473 g/mol. The number of benzene rings is 1. The number of piperidine rings is 1. The van der Waals surface area contributed by atoms with E-state index in [4.69, 9.17) is 11.6 Å². The Morgan fingerprint density at radius 2 is 2.03 bits per heavy atom. The lowest BCUT2D eigenvalue weighted by molar-refractivity contribution is -0.128. The van der Waals surface area contributed by atoms with Crippen molar-refractivity contribution in [2.75, 3.05) is 6.54 Å². The minimum Gasteiger partial charge on any atom is -0.356 e. The van der Waals surface area contributed by atoms with E-state index in [2.05, 4.69) is 27.0 Å². The van der Waals surface area contributed by atoms with Crippen LogP contribution in [-0.4, -0.2) is 41.3 Å². The van der Waals surface area contributed by atoms with Gasteiger partial charge in [-0.05, 0) is 49.8 Å². The number of aromatic nitrogens is 1. The number of halogens is 2. The van der Waals surface area contributed by atoms with E-state index < -0.39 is 29.7 Å². The number of carbonyl (C=O) groups is 3. The summed E-state index contributed by atoms with van der Waals surface area (Å²) in [6.45, 7) is 0.625. The summed E-state index contributed by atoms with van der Waals surface area (Å²) in [5.74, 6) is -1.68. The van der Waals surface area contributed by atoms with Crippen molar-refractivity contribution in [2.45, 2.75) is 50.6 Å². The highest BCUT2D eigenvalue weighted by molar-refractivity contribution is 6.35. The van der Waals surface area contributed by atoms with Gasteiger partial charge in [-0.15, -0.1) is 0 Å². The fourth-order valence-electron chi connectivity index (χ4n) is 4.18. The maximum atomic E-state index is 13.7. The summed E-state index contributed by atoms with van der Waals surface area (Å²) in [6, 6.07) is 4.67. The lowest BCUT2D eigenvalue weighted by atomic mass is 9.92. The second kappa shape index (κ2) is 9.79. The van der Waals surface area contributed by atoms with Crippen LogP contribution in [0.4, 0.5) is 4.39 Å². The van der Waals surface area contributed by atoms with Gasteiger partial charge in [0.15, 0.2) is 0 Å². The summed E-state index contributed by atoms with van der Waals surface area (Å²) in [5, 5.41) is 18.2. The van der Waals surface area contributed by atoms with Gasteiger partial charge in [0.25, 0.3) is 5.91 Å². The van der Waals surface area contributed by atoms with Gasteiger partial charge >= 0.3 is 0 Å². The van der Waals surface area contributed by atoms with Gasteiger partial charge in [0.1, 0.15) is 28.6 Å². The van der Waals surface area contributed by atoms with Crippen LogP contribution in [-0.2, 0) is 9.59 Å². The lowest BCUT2D eigenvalue weighted by Gasteiger charge is -2.25. The fourth-order valence-corrected chi connectivity index (χ4v) is 4.40. The van der Waals surface area contributed by atoms with Crippen LogP contribution in [0.25, 0.3) is 10.9 Å². The second-order valence-electron chi connectivity index (χ2n) is 8.77. The number of H-pyrrole nitrogens is 1. The minimum absolute atomic E-state index is 0.104. The predicted molar refractivity (Wildman–Crippen MR) is 120 cm³/mol. The van der Waals surface area contributed by atoms with Crippen molar-refractivity contribution in [3.63, 3.8) is 0 Å². The van der Waals surface area contributed by atoms with Crippen molar-refractivity contribution in [1.29, 1.82) is 5.26 Å². The largest absolute Gasteiger partial charge is 0.356 e. The molecule has 2 fully saturated rings. The molecule has 1 saturated heterocycles. The van der Waals surface area contributed by atoms with Crippen LogP contribution in [0.5, 0.6) is 0 Å². The second-order valence-corrected chi connectivity index (χ2v) is 9.15. The summed E-state index contributed by atoms with van der Waals surface area (Å²) >= 11 is 5.98. The summed E-state index contributed by atoms with van der Waals surface area (Å²) in [5.41, 5.74) is 0.460. The Kier molecular flexibility index (Phi) is 6.84. The van der Waals surface area contributed by atoms with Crippen LogP contribution >= 0.6 is 11.6 Å². The van der Waals surface area contributed by atoms with E-state index in [1.165, 1.54) is 12.1 Å². The maximum Gasteiger partial charge on any atom is 0.268 e. The van der Waals surface area contributed by atoms with Gasteiger partial charge in [-0.3, -0.25) is 14.4 Å². The van der Waals surface area contributed by atoms with Crippen molar-refractivity contribution < 1.29 is 18.8 Å². The Balaban J connectivity index is 1.44. The van der Waals surface area contributed by atoms with Crippen LogP contribution in [0.15, 0.2) is 18.2 Å². The first-order valence-corrected chi connectivity index (χ1v) is 11.5. The van der Waals surface area contributed by atoms with Gasteiger partial charge < -0.3 is 20.9 Å². The molecular weight excluding hydrogens is 449 g/mol. The van der Waals surface area contributed by atoms with Gasteiger partial charge in [-0.1, -0.05) is 24.4 Å². The van der Waals surface area contributed by atoms with Crippen LogP contribution < -0.4 is 16.0 Å². The summed E-state index contributed by atoms with van der Waals surface area (Å²) in [7, 11) is 0. The number of nitrogens with zero attached hydrogens (tertiary/aromatic N) is 1. The lowest BCUT2D eigenvalue weighted by Crippen LogP contribution is -2.50. The number of rotatable bonds is 8. The number of hydrogen-bond acceptors (Lipinski definition) is 4. The Bertz CT molecular complexity index is 1120. The first-order chi connectivity index (χ1) is 15.9. The summed E-state index contributed by atoms with van der Waals surface area (Å²) in [6.07, 6.45) is 4.14. The molecule has 2 heterocycles. The molecule has 8 nitrogen and oxygen atoms in total. The third-order valence-corrected chi connectivity index (χ3v) is 6.58. The molecule has 2 aliphatic rings. The number of aromatic amines is 1. The van der Waals surface area contributed by atoms with Crippen molar-refractivity contribution in [3.05, 3.63) is 34.7 Å². The van der Waals surface area contributed by atoms with E-state index >= 15 is 0 Å². The minimum atomic E-state index is -0.834. The van der Waals surface area contributed by atoms with Crippen molar-refractivity contribution in [2.24, 2.45) is 11.8 Å². The van der Waals surface area contributed by atoms with Gasteiger partial charge in [0.2, 0.25) is 11.8 Å². The molecule has 0 radical (unpaired) electrons. The van der Waals surface area contributed by atoms with Gasteiger partial charge in [0.05, 0.1) is 11.6 Å². The molecule has 33 heavy (non-hydrogen) atoms. The van der Waals surface area contributed by atoms with Crippen molar-refractivity contribution in [1.82, 2.24) is 20.9 Å². The number of nitrogens with one attached hydrogen (secondary N) is 4. The molecule has 10 heteroatoms. The zero-order valence-corrected chi connectivity index (χ0v) is 18.7. The van der Waals surface area contributed by atoms with E-state index in [1.807, 2.05) is 0 Å². The van der Waals surface area contributed by atoms with Crippen molar-refractivity contribution >= 4 is 40.2 Å². The zero-order valence-electron chi connectivity index (χ0n) is 17.9. The predicted octanol–water partition coefficient (Wildman–Crippen LogP) is 2.78. The maximum absolute atomic E-state index is 13.7. The van der Waals surface area contributed by atoms with E-state index in [0.717, 1.165) is 19.3 Å². The highest BCUT2D eigenvalue weighted by Crippen LogP contribution is 2.34. The van der Waals surface area contributed by atoms with E-state index in [0.29, 0.717) is 36.2 Å². The van der Waals surface area contributed by atoms with Crippen LogP contribution in [0.1, 0.15) is 49.0 Å². The molecular formula is C23H25ClFN5O3. The van der Waals surface area contributed by atoms with Crippen LogP contribution in [0, 0.1) is 29.0 Å². The molecule has 1 aromatic carbocycles. The average molecular weight is 474 g/mol. The van der Waals surface area contributed by atoms with E-state index in [-0.39, 0.29) is 29.0 Å². The van der Waals surface area contributed by atoms with Gasteiger partial charge in [0, 0.05) is 17.8 Å². The quantitative estimate of drug-likeness (QED) is 0.470. The Hall–Kier alpha value is -3.12. The Morgan fingerprint density at radius 1 is 1.24 bits per heavy atom. The molecule has 1 saturated carbocycles. The fraction of sp³-hybridized carbons (Fsp3) is 0.478. The average Bonchev–Trinajstić information content (AvgIpc) is 3.51. The molecule has 2 aromatic rings. The third-order valence-electron chi connectivity index (χ3n) is 6.21. The first-order valence-electron chi connectivity index (χ1n) is 11.1.